The molecule has 0 radical (unpaired) electrons. The molecule has 0 spiro atoms. The highest BCUT2D eigenvalue weighted by atomic mass is 79.9. The molecule has 19 heavy (non-hydrogen) atoms. The second-order valence-electron chi connectivity index (χ2n) is 4.61. The molecule has 3 heteroatoms. The molecule has 3 aromatic rings. The fraction of sp³-hybridized carbons (Fsp3) is 0.125. The molecule has 0 fully saturated rings. The van der Waals surface area contributed by atoms with Crippen LogP contribution in [-0.2, 0) is 6.61 Å². The van der Waals surface area contributed by atoms with Crippen molar-refractivity contribution >= 4 is 26.8 Å². The van der Waals surface area contributed by atoms with Gasteiger partial charge in [0.25, 0.3) is 0 Å². The highest BCUT2D eigenvalue weighted by molar-refractivity contribution is 9.10. The van der Waals surface area contributed by atoms with Crippen LogP contribution in [0.15, 0.2) is 53.1 Å². The Morgan fingerprint density at radius 2 is 1.89 bits per heavy atom. The van der Waals surface area contributed by atoms with Crippen LogP contribution in [0.3, 0.4) is 0 Å². The number of nitrogens with one attached hydrogen (secondary N) is 1. The van der Waals surface area contributed by atoms with Crippen LogP contribution in [0.4, 0.5) is 0 Å². The summed E-state index contributed by atoms with van der Waals surface area (Å²) < 4.78 is 6.87. The second kappa shape index (κ2) is 5.10. The Labute approximate surface area is 120 Å². The third kappa shape index (κ3) is 2.66. The molecule has 0 aliphatic rings. The zero-order chi connectivity index (χ0) is 13.2. The molecular weight excluding hydrogens is 302 g/mol. The first kappa shape index (κ1) is 12.3. The molecule has 2 nitrogen and oxygen atoms in total. The van der Waals surface area contributed by atoms with E-state index in [1.54, 1.807) is 0 Å². The average Bonchev–Trinajstić information content (AvgIpc) is 2.80. The van der Waals surface area contributed by atoms with E-state index in [0.29, 0.717) is 6.61 Å². The Morgan fingerprint density at radius 3 is 2.68 bits per heavy atom. The lowest BCUT2D eigenvalue weighted by Crippen LogP contribution is -1.94. The van der Waals surface area contributed by atoms with Crippen molar-refractivity contribution in [3.63, 3.8) is 0 Å². The number of fused-ring (bicyclic) bond motifs is 1. The van der Waals surface area contributed by atoms with E-state index >= 15 is 0 Å². The Bertz CT molecular complexity index is 700. The number of ether oxygens (including phenoxy) is 1. The first-order valence-corrected chi connectivity index (χ1v) is 6.97. The molecule has 0 unspecified atom stereocenters. The van der Waals surface area contributed by atoms with Gasteiger partial charge in [0.15, 0.2) is 0 Å². The van der Waals surface area contributed by atoms with Gasteiger partial charge < -0.3 is 9.72 Å². The SMILES string of the molecule is Cc1ccc2[nH]cc(COc3ccc(Br)cc3)c2c1. The molecule has 2 aromatic carbocycles. The summed E-state index contributed by atoms with van der Waals surface area (Å²) >= 11 is 3.42. The fourth-order valence-electron chi connectivity index (χ4n) is 2.10. The van der Waals surface area contributed by atoms with E-state index in [1.807, 2.05) is 30.5 Å². The van der Waals surface area contributed by atoms with Gasteiger partial charge in [0, 0.05) is 27.1 Å². The van der Waals surface area contributed by atoms with Crippen molar-refractivity contribution in [1.29, 1.82) is 0 Å². The third-order valence-corrected chi connectivity index (χ3v) is 3.66. The number of benzene rings is 2. The maximum Gasteiger partial charge on any atom is 0.119 e. The summed E-state index contributed by atoms with van der Waals surface area (Å²) in [5.74, 6) is 0.880. The van der Waals surface area contributed by atoms with Crippen LogP contribution in [-0.4, -0.2) is 4.98 Å². The van der Waals surface area contributed by atoms with Crippen molar-refractivity contribution in [3.05, 3.63) is 64.3 Å². The van der Waals surface area contributed by atoms with Gasteiger partial charge in [0.1, 0.15) is 12.4 Å². The highest BCUT2D eigenvalue weighted by Gasteiger charge is 2.04. The second-order valence-corrected chi connectivity index (χ2v) is 5.52. The van der Waals surface area contributed by atoms with Crippen molar-refractivity contribution in [2.45, 2.75) is 13.5 Å². The van der Waals surface area contributed by atoms with Gasteiger partial charge >= 0.3 is 0 Å². The van der Waals surface area contributed by atoms with Crippen LogP contribution in [0, 0.1) is 6.92 Å². The van der Waals surface area contributed by atoms with Crippen molar-refractivity contribution in [1.82, 2.24) is 4.98 Å². The standard InChI is InChI=1S/C16H14BrNO/c1-11-2-7-16-15(8-11)12(9-18-16)10-19-14-5-3-13(17)4-6-14/h2-9,18H,10H2,1H3. The van der Waals surface area contributed by atoms with Gasteiger partial charge in [-0.3, -0.25) is 0 Å². The monoisotopic (exact) mass is 315 g/mol. The number of halogens is 1. The van der Waals surface area contributed by atoms with E-state index in [-0.39, 0.29) is 0 Å². The minimum absolute atomic E-state index is 0.574. The molecule has 0 aliphatic heterocycles. The molecule has 0 saturated carbocycles. The predicted molar refractivity (Wildman–Crippen MR) is 81.5 cm³/mol. The molecule has 1 aromatic heterocycles. The molecule has 0 aliphatic carbocycles. The molecule has 1 N–H and O–H groups in total. The van der Waals surface area contributed by atoms with Crippen LogP contribution in [0.1, 0.15) is 11.1 Å². The lowest BCUT2D eigenvalue weighted by atomic mass is 10.1. The van der Waals surface area contributed by atoms with Crippen molar-refractivity contribution in [3.8, 4) is 5.75 Å². The van der Waals surface area contributed by atoms with E-state index in [0.717, 1.165) is 15.7 Å². The molecule has 1 heterocycles. The van der Waals surface area contributed by atoms with Gasteiger partial charge in [-0.15, -0.1) is 0 Å². The number of H-pyrrole nitrogens is 1. The first-order chi connectivity index (χ1) is 9.22. The Morgan fingerprint density at radius 1 is 1.11 bits per heavy atom. The summed E-state index contributed by atoms with van der Waals surface area (Å²) in [6.45, 7) is 2.68. The minimum Gasteiger partial charge on any atom is -0.489 e. The van der Waals surface area contributed by atoms with Crippen LogP contribution in [0.2, 0.25) is 0 Å². The average molecular weight is 316 g/mol. The summed E-state index contributed by atoms with van der Waals surface area (Å²) in [5, 5.41) is 1.23. The maximum atomic E-state index is 5.81. The normalized spacial score (nSPS) is 10.8. The zero-order valence-corrected chi connectivity index (χ0v) is 12.2. The fourth-order valence-corrected chi connectivity index (χ4v) is 2.37. The highest BCUT2D eigenvalue weighted by Crippen LogP contribution is 2.22. The topological polar surface area (TPSA) is 25.0 Å². The van der Waals surface area contributed by atoms with Crippen LogP contribution >= 0.6 is 15.9 Å². The number of aromatic nitrogens is 1. The number of rotatable bonds is 3. The van der Waals surface area contributed by atoms with Gasteiger partial charge in [-0.05, 0) is 43.3 Å². The van der Waals surface area contributed by atoms with Gasteiger partial charge in [-0.1, -0.05) is 27.6 Å². The maximum absolute atomic E-state index is 5.81. The van der Waals surface area contributed by atoms with Crippen molar-refractivity contribution in [2.75, 3.05) is 0 Å². The van der Waals surface area contributed by atoms with Gasteiger partial charge in [0.05, 0.1) is 0 Å². The molecular formula is C16H14BrNO. The Kier molecular flexibility index (Phi) is 3.30. The smallest absolute Gasteiger partial charge is 0.119 e. The molecule has 3 rings (SSSR count). The Hall–Kier alpha value is -1.74. The molecule has 96 valence electrons. The molecule has 0 atom stereocenters. The summed E-state index contributed by atoms with van der Waals surface area (Å²) in [7, 11) is 0. The zero-order valence-electron chi connectivity index (χ0n) is 10.6. The van der Waals surface area contributed by atoms with Crippen LogP contribution < -0.4 is 4.74 Å². The number of aromatic amines is 1. The number of hydrogen-bond acceptors (Lipinski definition) is 1. The Balaban J connectivity index is 1.81. The molecule has 0 bridgehead atoms. The van der Waals surface area contributed by atoms with Gasteiger partial charge in [-0.2, -0.15) is 0 Å². The summed E-state index contributed by atoms with van der Waals surface area (Å²) in [4.78, 5) is 3.27. The van der Waals surface area contributed by atoms with Crippen molar-refractivity contribution in [2.24, 2.45) is 0 Å². The van der Waals surface area contributed by atoms with Gasteiger partial charge in [-0.25, -0.2) is 0 Å². The largest absolute Gasteiger partial charge is 0.489 e. The lowest BCUT2D eigenvalue weighted by molar-refractivity contribution is 0.307. The molecule has 0 amide bonds. The third-order valence-electron chi connectivity index (χ3n) is 3.13. The minimum atomic E-state index is 0.574. The summed E-state index contributed by atoms with van der Waals surface area (Å²) in [6.07, 6.45) is 2.02. The van der Waals surface area contributed by atoms with Crippen LogP contribution in [0.25, 0.3) is 10.9 Å². The predicted octanol–water partition coefficient (Wildman–Crippen LogP) is 4.82. The quantitative estimate of drug-likeness (QED) is 0.736. The first-order valence-electron chi connectivity index (χ1n) is 6.17. The van der Waals surface area contributed by atoms with E-state index in [2.05, 4.69) is 46.0 Å². The number of hydrogen-bond donors (Lipinski definition) is 1. The van der Waals surface area contributed by atoms with Crippen LogP contribution in [0.5, 0.6) is 5.75 Å². The van der Waals surface area contributed by atoms with E-state index in [9.17, 15) is 0 Å². The van der Waals surface area contributed by atoms with E-state index in [4.69, 9.17) is 4.74 Å². The van der Waals surface area contributed by atoms with Gasteiger partial charge in [0.2, 0.25) is 0 Å². The lowest BCUT2D eigenvalue weighted by Gasteiger charge is -2.05. The van der Waals surface area contributed by atoms with E-state index in [1.165, 1.54) is 16.5 Å². The van der Waals surface area contributed by atoms with Crippen molar-refractivity contribution < 1.29 is 4.74 Å². The summed E-state index contributed by atoms with van der Waals surface area (Å²) in [5.41, 5.74) is 3.60. The van der Waals surface area contributed by atoms with E-state index < -0.39 is 0 Å². The molecule has 0 saturated heterocycles. The summed E-state index contributed by atoms with van der Waals surface area (Å²) in [6, 6.07) is 14.3. The number of aryl methyl sites for hydroxylation is 1.